The van der Waals surface area contributed by atoms with E-state index in [9.17, 15) is 9.59 Å². The molecule has 39 heavy (non-hydrogen) atoms. The van der Waals surface area contributed by atoms with E-state index in [0.717, 1.165) is 12.8 Å². The Morgan fingerprint density at radius 2 is 1.77 bits per heavy atom. The summed E-state index contributed by atoms with van der Waals surface area (Å²) < 4.78 is 32.7. The molecule has 2 heterocycles. The normalized spacial score (nSPS) is 14.5. The maximum atomic E-state index is 13.3. The van der Waals surface area contributed by atoms with Crippen LogP contribution in [-0.4, -0.2) is 69.2 Å². The third-order valence-corrected chi connectivity index (χ3v) is 6.24. The zero-order chi connectivity index (χ0) is 27.8. The van der Waals surface area contributed by atoms with E-state index in [-0.39, 0.29) is 18.7 Å². The van der Waals surface area contributed by atoms with E-state index < -0.39 is 5.97 Å². The lowest BCUT2D eigenvalue weighted by Crippen LogP contribution is -2.39. The van der Waals surface area contributed by atoms with Gasteiger partial charge in [-0.1, -0.05) is 5.16 Å². The van der Waals surface area contributed by atoms with E-state index >= 15 is 0 Å². The molecule has 208 valence electrons. The summed E-state index contributed by atoms with van der Waals surface area (Å²) >= 11 is 0. The van der Waals surface area contributed by atoms with Crippen LogP contribution in [0.1, 0.15) is 35.8 Å². The lowest BCUT2D eigenvalue weighted by Gasteiger charge is -2.25. The molecule has 3 aromatic rings. The van der Waals surface area contributed by atoms with Crippen LogP contribution in [0.15, 0.2) is 47.0 Å². The fraction of sp³-hybridized carbons (Fsp3) is 0.393. The molecule has 0 bridgehead atoms. The number of anilines is 1. The van der Waals surface area contributed by atoms with Crippen molar-refractivity contribution >= 4 is 17.7 Å². The molecule has 2 aromatic carbocycles. The summed E-state index contributed by atoms with van der Waals surface area (Å²) in [5, 5.41) is 7.09. The first-order valence-electron chi connectivity index (χ1n) is 12.7. The number of nitrogens with zero attached hydrogens (tertiary/aromatic N) is 2. The molecule has 11 heteroatoms. The Bertz CT molecular complexity index is 1240. The topological polar surface area (TPSA) is 122 Å². The van der Waals surface area contributed by atoms with Crippen molar-refractivity contribution in [3.63, 3.8) is 0 Å². The molecule has 4 rings (SSSR count). The summed E-state index contributed by atoms with van der Waals surface area (Å²) in [4.78, 5) is 26.9. The first-order chi connectivity index (χ1) is 18.9. The predicted molar refractivity (Wildman–Crippen MR) is 142 cm³/mol. The number of hydrogen-bond acceptors (Lipinski definition) is 9. The monoisotopic (exact) mass is 539 g/mol. The number of esters is 1. The number of urea groups is 1. The van der Waals surface area contributed by atoms with Gasteiger partial charge in [0.15, 0.2) is 17.3 Å². The van der Waals surface area contributed by atoms with E-state index in [1.807, 2.05) is 0 Å². The van der Waals surface area contributed by atoms with Crippen LogP contribution < -0.4 is 19.5 Å². The van der Waals surface area contributed by atoms with Gasteiger partial charge >= 0.3 is 12.0 Å². The van der Waals surface area contributed by atoms with Crippen molar-refractivity contribution < 1.29 is 37.8 Å². The molecule has 1 aromatic heterocycles. The number of carbonyl (C=O) groups is 2. The Morgan fingerprint density at radius 3 is 2.36 bits per heavy atom. The maximum Gasteiger partial charge on any atom is 0.338 e. The van der Waals surface area contributed by atoms with E-state index in [1.165, 1.54) is 7.11 Å². The first-order valence-corrected chi connectivity index (χ1v) is 12.7. The van der Waals surface area contributed by atoms with Crippen molar-refractivity contribution in [2.45, 2.75) is 32.4 Å². The number of rotatable bonds is 11. The molecule has 2 amide bonds. The first kappa shape index (κ1) is 27.8. The van der Waals surface area contributed by atoms with Crippen LogP contribution in [-0.2, 0) is 16.0 Å². The number of ether oxygens (including phenoxy) is 5. The van der Waals surface area contributed by atoms with Crippen LogP contribution in [0.2, 0.25) is 0 Å². The molecule has 0 radical (unpaired) electrons. The quantitative estimate of drug-likeness (QED) is 0.344. The van der Waals surface area contributed by atoms with Gasteiger partial charge in [0.2, 0.25) is 5.75 Å². The number of benzene rings is 2. The van der Waals surface area contributed by atoms with Gasteiger partial charge in [-0.3, -0.25) is 0 Å². The second kappa shape index (κ2) is 13.0. The van der Waals surface area contributed by atoms with E-state index in [0.29, 0.717) is 65.3 Å². The van der Waals surface area contributed by atoms with Gasteiger partial charge in [0.1, 0.15) is 5.69 Å². The third kappa shape index (κ3) is 6.80. The van der Waals surface area contributed by atoms with Crippen molar-refractivity contribution in [2.75, 3.05) is 46.4 Å². The molecule has 1 saturated heterocycles. The molecule has 0 spiro atoms. The molecule has 0 unspecified atom stereocenters. The highest BCUT2D eigenvalue weighted by atomic mass is 16.5. The number of aromatic nitrogens is 1. The molecular formula is C28H33N3O8. The highest BCUT2D eigenvalue weighted by molar-refractivity contribution is 5.92. The third-order valence-electron chi connectivity index (χ3n) is 6.24. The van der Waals surface area contributed by atoms with Gasteiger partial charge in [0, 0.05) is 30.5 Å². The lowest BCUT2D eigenvalue weighted by molar-refractivity contribution is 0.0526. The summed E-state index contributed by atoms with van der Waals surface area (Å²) in [5.41, 5.74) is 2.20. The fourth-order valence-corrected chi connectivity index (χ4v) is 4.30. The average molecular weight is 540 g/mol. The van der Waals surface area contributed by atoms with Crippen LogP contribution in [0.4, 0.5) is 10.5 Å². The van der Waals surface area contributed by atoms with Gasteiger partial charge in [0.05, 0.1) is 46.1 Å². The van der Waals surface area contributed by atoms with Crippen molar-refractivity contribution in [3.8, 4) is 28.6 Å². The molecule has 0 saturated carbocycles. The van der Waals surface area contributed by atoms with Crippen LogP contribution in [0.3, 0.4) is 0 Å². The van der Waals surface area contributed by atoms with Gasteiger partial charge in [-0.15, -0.1) is 0 Å². The lowest BCUT2D eigenvalue weighted by atomic mass is 10.1. The molecule has 1 atom stereocenters. The Balaban J connectivity index is 1.51. The fourth-order valence-electron chi connectivity index (χ4n) is 4.30. The smallest absolute Gasteiger partial charge is 0.338 e. The van der Waals surface area contributed by atoms with Gasteiger partial charge in [-0.2, -0.15) is 0 Å². The Hall–Kier alpha value is -4.25. The van der Waals surface area contributed by atoms with Crippen molar-refractivity contribution in [1.82, 2.24) is 10.1 Å². The minimum Gasteiger partial charge on any atom is -0.493 e. The molecular weight excluding hydrogens is 506 g/mol. The average Bonchev–Trinajstić information content (AvgIpc) is 3.65. The van der Waals surface area contributed by atoms with Crippen molar-refractivity contribution in [2.24, 2.45) is 0 Å². The minimum atomic E-state index is -0.413. The number of amides is 2. The molecule has 1 aliphatic heterocycles. The second-order valence-corrected chi connectivity index (χ2v) is 8.84. The number of methoxy groups -OCH3 is 3. The van der Waals surface area contributed by atoms with Crippen LogP contribution in [0, 0.1) is 0 Å². The number of nitrogens with one attached hydrogen (secondary N) is 1. The van der Waals surface area contributed by atoms with Gasteiger partial charge < -0.3 is 38.4 Å². The maximum absolute atomic E-state index is 13.3. The van der Waals surface area contributed by atoms with Gasteiger partial charge in [-0.05, 0) is 56.2 Å². The number of carbonyl (C=O) groups excluding carboxylic acids is 2. The second-order valence-electron chi connectivity index (χ2n) is 8.84. The highest BCUT2D eigenvalue weighted by Gasteiger charge is 2.25. The Kier molecular flexibility index (Phi) is 9.27. The number of hydrogen-bond donors (Lipinski definition) is 1. The molecule has 1 N–H and O–H groups in total. The van der Waals surface area contributed by atoms with Crippen molar-refractivity contribution in [1.29, 1.82) is 0 Å². The summed E-state index contributed by atoms with van der Waals surface area (Å²) in [6, 6.07) is 11.5. The van der Waals surface area contributed by atoms with E-state index in [1.54, 1.807) is 68.5 Å². The van der Waals surface area contributed by atoms with E-state index in [2.05, 4.69) is 10.5 Å². The Labute approximate surface area is 226 Å². The standard InChI is InChI=1S/C28H33N3O8/c1-5-37-27(32)18-8-10-20(11-9-18)29-28(33)31(17-22-7-6-12-38-22)16-21-15-23(39-30-21)19-13-24(34-2)26(36-4)25(14-19)35-3/h8-11,13-15,22H,5-7,12,16-17H2,1-4H3,(H,29,33)/t22-/m0/s1. The van der Waals surface area contributed by atoms with Crippen LogP contribution >= 0.6 is 0 Å². The zero-order valence-corrected chi connectivity index (χ0v) is 22.5. The summed E-state index contributed by atoms with van der Waals surface area (Å²) in [6.07, 6.45) is 1.75. The molecule has 1 aliphatic rings. The van der Waals surface area contributed by atoms with E-state index in [4.69, 9.17) is 28.2 Å². The SMILES string of the molecule is CCOC(=O)c1ccc(NC(=O)N(Cc2cc(-c3cc(OC)c(OC)c(OC)c3)on2)C[C@@H]2CCCO2)cc1. The van der Waals surface area contributed by atoms with Crippen molar-refractivity contribution in [3.05, 3.63) is 53.7 Å². The summed E-state index contributed by atoms with van der Waals surface area (Å²) in [6.45, 7) is 3.29. The largest absolute Gasteiger partial charge is 0.493 e. The van der Waals surface area contributed by atoms with Crippen LogP contribution in [0.25, 0.3) is 11.3 Å². The molecule has 11 nitrogen and oxygen atoms in total. The molecule has 1 fully saturated rings. The van der Waals surface area contributed by atoms with Gasteiger partial charge in [0.25, 0.3) is 0 Å². The molecule has 0 aliphatic carbocycles. The van der Waals surface area contributed by atoms with Gasteiger partial charge in [-0.25, -0.2) is 9.59 Å². The zero-order valence-electron chi connectivity index (χ0n) is 22.5. The summed E-state index contributed by atoms with van der Waals surface area (Å²) in [5.74, 6) is 1.51. The van der Waals surface area contributed by atoms with Crippen LogP contribution in [0.5, 0.6) is 17.2 Å². The minimum absolute atomic E-state index is 0.0663. The Morgan fingerprint density at radius 1 is 1.05 bits per heavy atom. The summed E-state index contributed by atoms with van der Waals surface area (Å²) in [7, 11) is 4.62. The highest BCUT2D eigenvalue weighted by Crippen LogP contribution is 2.41. The predicted octanol–water partition coefficient (Wildman–Crippen LogP) is 4.76.